The second kappa shape index (κ2) is 5.82. The first-order valence-electron chi connectivity index (χ1n) is 6.15. The van der Waals surface area contributed by atoms with Crippen LogP contribution in [0.1, 0.15) is 12.0 Å². The Morgan fingerprint density at radius 2 is 2.44 bits per heavy atom. The highest BCUT2D eigenvalue weighted by Crippen LogP contribution is 2.15. The number of hydrogen-bond donors (Lipinski definition) is 1. The van der Waals surface area contributed by atoms with E-state index in [9.17, 15) is 4.79 Å². The van der Waals surface area contributed by atoms with Crippen LogP contribution in [0.3, 0.4) is 0 Å². The van der Waals surface area contributed by atoms with E-state index in [-0.39, 0.29) is 11.8 Å². The molecule has 1 aromatic rings. The molecule has 0 aromatic carbocycles. The van der Waals surface area contributed by atoms with Crippen LogP contribution in [0.5, 0.6) is 0 Å². The van der Waals surface area contributed by atoms with Gasteiger partial charge in [0.05, 0.1) is 12.5 Å². The summed E-state index contributed by atoms with van der Waals surface area (Å²) in [5, 5.41) is 2.95. The Balaban J connectivity index is 1.95. The monoisotopic (exact) mass is 249 g/mol. The molecular weight excluding hydrogens is 230 g/mol. The normalized spacial score (nSPS) is 18.7. The molecule has 2 heterocycles. The number of ether oxygens (including phenoxy) is 1. The van der Waals surface area contributed by atoms with Crippen LogP contribution in [0.2, 0.25) is 0 Å². The number of rotatable bonds is 4. The van der Waals surface area contributed by atoms with Crippen molar-refractivity contribution in [2.24, 2.45) is 5.92 Å². The lowest BCUT2D eigenvalue weighted by Gasteiger charge is -2.16. The summed E-state index contributed by atoms with van der Waals surface area (Å²) in [6.45, 7) is 1.74. The van der Waals surface area contributed by atoms with Crippen LogP contribution in [0.25, 0.3) is 0 Å². The summed E-state index contributed by atoms with van der Waals surface area (Å²) in [6, 6.07) is 3.86. The number of nitrogens with zero attached hydrogens (tertiary/aromatic N) is 2. The molecule has 1 aromatic heterocycles. The molecule has 5 heteroatoms. The molecule has 0 bridgehead atoms. The van der Waals surface area contributed by atoms with Gasteiger partial charge in [-0.05, 0) is 12.5 Å². The third-order valence-corrected chi connectivity index (χ3v) is 3.04. The van der Waals surface area contributed by atoms with E-state index in [1.165, 1.54) is 0 Å². The van der Waals surface area contributed by atoms with Gasteiger partial charge in [-0.1, -0.05) is 6.07 Å². The standard InChI is InChI=1S/C13H19N3O2/c1-16(2)12-10(4-3-6-14-12)8-15-13(17)11-5-7-18-9-11/h3-4,6,11H,5,7-9H2,1-2H3,(H,15,17). The minimum Gasteiger partial charge on any atom is -0.381 e. The van der Waals surface area contributed by atoms with E-state index >= 15 is 0 Å². The summed E-state index contributed by atoms with van der Waals surface area (Å²) < 4.78 is 5.21. The number of aromatic nitrogens is 1. The maximum absolute atomic E-state index is 11.9. The lowest BCUT2D eigenvalue weighted by molar-refractivity contribution is -0.125. The van der Waals surface area contributed by atoms with E-state index in [1.807, 2.05) is 31.1 Å². The van der Waals surface area contributed by atoms with Gasteiger partial charge in [-0.25, -0.2) is 4.98 Å². The molecule has 1 N–H and O–H groups in total. The average molecular weight is 249 g/mol. The summed E-state index contributed by atoms with van der Waals surface area (Å²) >= 11 is 0. The second-order valence-corrected chi connectivity index (χ2v) is 4.66. The molecular formula is C13H19N3O2. The van der Waals surface area contributed by atoms with Crippen molar-refractivity contribution < 1.29 is 9.53 Å². The minimum atomic E-state index is 0.00415. The molecule has 0 radical (unpaired) electrons. The van der Waals surface area contributed by atoms with Crippen molar-refractivity contribution in [2.45, 2.75) is 13.0 Å². The zero-order chi connectivity index (χ0) is 13.0. The average Bonchev–Trinajstić information content (AvgIpc) is 2.90. The van der Waals surface area contributed by atoms with Gasteiger partial charge >= 0.3 is 0 Å². The molecule has 1 fully saturated rings. The van der Waals surface area contributed by atoms with E-state index in [4.69, 9.17) is 4.74 Å². The van der Waals surface area contributed by atoms with Crippen molar-refractivity contribution in [1.29, 1.82) is 0 Å². The molecule has 1 aliphatic rings. The summed E-state index contributed by atoms with van der Waals surface area (Å²) in [5.74, 6) is 0.964. The third-order valence-electron chi connectivity index (χ3n) is 3.04. The van der Waals surface area contributed by atoms with E-state index in [1.54, 1.807) is 6.20 Å². The Hall–Kier alpha value is -1.62. The maximum atomic E-state index is 11.9. The van der Waals surface area contributed by atoms with E-state index in [0.717, 1.165) is 17.8 Å². The van der Waals surface area contributed by atoms with Crippen LogP contribution in [0.15, 0.2) is 18.3 Å². The topological polar surface area (TPSA) is 54.5 Å². The summed E-state index contributed by atoms with van der Waals surface area (Å²) in [7, 11) is 3.89. The molecule has 5 nitrogen and oxygen atoms in total. The quantitative estimate of drug-likeness (QED) is 0.857. The van der Waals surface area contributed by atoms with E-state index in [2.05, 4.69) is 10.3 Å². The van der Waals surface area contributed by atoms with E-state index < -0.39 is 0 Å². The fourth-order valence-corrected chi connectivity index (χ4v) is 2.04. The first-order chi connectivity index (χ1) is 8.68. The van der Waals surface area contributed by atoms with Gasteiger partial charge in [-0.15, -0.1) is 0 Å². The Labute approximate surface area is 107 Å². The van der Waals surface area contributed by atoms with Gasteiger partial charge in [-0.2, -0.15) is 0 Å². The summed E-state index contributed by atoms with van der Waals surface area (Å²) in [5.41, 5.74) is 1.02. The zero-order valence-corrected chi connectivity index (χ0v) is 10.8. The highest BCUT2D eigenvalue weighted by atomic mass is 16.5. The van der Waals surface area contributed by atoms with Crippen LogP contribution in [0, 0.1) is 5.92 Å². The molecule has 98 valence electrons. The summed E-state index contributed by atoms with van der Waals surface area (Å²) in [6.07, 6.45) is 2.57. The van der Waals surface area contributed by atoms with Gasteiger partial charge < -0.3 is 15.0 Å². The molecule has 1 saturated heterocycles. The Morgan fingerprint density at radius 3 is 3.11 bits per heavy atom. The predicted octanol–water partition coefficient (Wildman–Crippen LogP) is 0.800. The summed E-state index contributed by atoms with van der Waals surface area (Å²) in [4.78, 5) is 18.1. The third kappa shape index (κ3) is 2.98. The number of anilines is 1. The van der Waals surface area contributed by atoms with Crippen LogP contribution in [-0.2, 0) is 16.1 Å². The first kappa shape index (κ1) is 12.8. The van der Waals surface area contributed by atoms with Crippen LogP contribution >= 0.6 is 0 Å². The van der Waals surface area contributed by atoms with Gasteiger partial charge in [0.2, 0.25) is 5.91 Å². The number of pyridine rings is 1. The Bertz CT molecular complexity index is 414. The van der Waals surface area contributed by atoms with Crippen LogP contribution < -0.4 is 10.2 Å². The highest BCUT2D eigenvalue weighted by Gasteiger charge is 2.23. The maximum Gasteiger partial charge on any atom is 0.225 e. The SMILES string of the molecule is CN(C)c1ncccc1CNC(=O)C1CCOC1. The number of amides is 1. The fraction of sp³-hybridized carbons (Fsp3) is 0.538. The van der Waals surface area contributed by atoms with Crippen molar-refractivity contribution in [1.82, 2.24) is 10.3 Å². The molecule has 1 unspecified atom stereocenters. The van der Waals surface area contributed by atoms with Gasteiger partial charge in [0.15, 0.2) is 0 Å². The number of hydrogen-bond acceptors (Lipinski definition) is 4. The predicted molar refractivity (Wildman–Crippen MR) is 69.3 cm³/mol. The van der Waals surface area contributed by atoms with Crippen molar-refractivity contribution in [3.05, 3.63) is 23.9 Å². The molecule has 1 aliphatic heterocycles. The first-order valence-corrected chi connectivity index (χ1v) is 6.15. The van der Waals surface area contributed by atoms with Crippen molar-refractivity contribution in [3.63, 3.8) is 0 Å². The number of carbonyl (C=O) groups is 1. The van der Waals surface area contributed by atoms with Gasteiger partial charge in [0.25, 0.3) is 0 Å². The minimum absolute atomic E-state index is 0.00415. The largest absolute Gasteiger partial charge is 0.381 e. The highest BCUT2D eigenvalue weighted by molar-refractivity contribution is 5.79. The van der Waals surface area contributed by atoms with Gasteiger partial charge in [0.1, 0.15) is 5.82 Å². The van der Waals surface area contributed by atoms with E-state index in [0.29, 0.717) is 19.8 Å². The molecule has 0 spiro atoms. The van der Waals surface area contributed by atoms with Crippen LogP contribution in [-0.4, -0.2) is 38.2 Å². The number of carbonyl (C=O) groups excluding carboxylic acids is 1. The fourth-order valence-electron chi connectivity index (χ4n) is 2.04. The molecule has 0 aliphatic carbocycles. The Kier molecular flexibility index (Phi) is 4.15. The zero-order valence-electron chi connectivity index (χ0n) is 10.8. The smallest absolute Gasteiger partial charge is 0.225 e. The van der Waals surface area contributed by atoms with Crippen molar-refractivity contribution in [2.75, 3.05) is 32.2 Å². The van der Waals surface area contributed by atoms with Gasteiger partial charge in [-0.3, -0.25) is 4.79 Å². The number of nitrogens with one attached hydrogen (secondary N) is 1. The van der Waals surface area contributed by atoms with Gasteiger partial charge in [0, 0.05) is 39.0 Å². The molecule has 2 rings (SSSR count). The molecule has 1 atom stereocenters. The van der Waals surface area contributed by atoms with Crippen molar-refractivity contribution >= 4 is 11.7 Å². The Morgan fingerprint density at radius 1 is 1.61 bits per heavy atom. The van der Waals surface area contributed by atoms with Crippen LogP contribution in [0.4, 0.5) is 5.82 Å². The molecule has 18 heavy (non-hydrogen) atoms. The molecule has 1 amide bonds. The lowest BCUT2D eigenvalue weighted by Crippen LogP contribution is -2.31. The second-order valence-electron chi connectivity index (χ2n) is 4.66. The molecule has 0 saturated carbocycles. The lowest BCUT2D eigenvalue weighted by atomic mass is 10.1. The van der Waals surface area contributed by atoms with Crippen molar-refractivity contribution in [3.8, 4) is 0 Å².